The van der Waals surface area contributed by atoms with Gasteiger partial charge in [-0.15, -0.1) is 0 Å². The third-order valence-corrected chi connectivity index (χ3v) is 5.19. The highest BCUT2D eigenvalue weighted by molar-refractivity contribution is 7.98. The third-order valence-electron chi connectivity index (χ3n) is 4.20. The lowest BCUT2D eigenvalue weighted by atomic mass is 10.1. The Labute approximate surface area is 151 Å². The Morgan fingerprint density at radius 1 is 1.23 bits per heavy atom. The number of thioether (sulfide) groups is 1. The van der Waals surface area contributed by atoms with Crippen LogP contribution in [0, 0.1) is 11.3 Å². The van der Waals surface area contributed by atoms with Gasteiger partial charge in [0.15, 0.2) is 0 Å². The minimum Gasteiger partial charge on any atom is -0.341 e. The van der Waals surface area contributed by atoms with Gasteiger partial charge in [0, 0.05) is 11.6 Å². The first-order valence-electron chi connectivity index (χ1n) is 8.04. The predicted octanol–water partition coefficient (Wildman–Crippen LogP) is 5.02. The Kier molecular flexibility index (Phi) is 4.11. The number of pyridine rings is 1. The molecule has 2 heterocycles. The van der Waals surface area contributed by atoms with Gasteiger partial charge >= 0.3 is 6.18 Å². The largest absolute Gasteiger partial charge is 0.417 e. The zero-order chi connectivity index (χ0) is 18.3. The zero-order valence-electron chi connectivity index (χ0n) is 13.5. The molecule has 1 N–H and O–H groups in total. The highest BCUT2D eigenvalue weighted by Gasteiger charge is 2.38. The maximum Gasteiger partial charge on any atom is 0.417 e. The summed E-state index contributed by atoms with van der Waals surface area (Å²) in [5, 5.41) is 9.41. The van der Waals surface area contributed by atoms with Crippen molar-refractivity contribution in [2.24, 2.45) is 0 Å². The van der Waals surface area contributed by atoms with E-state index in [1.807, 2.05) is 24.3 Å². The number of hydrogen-bond acceptors (Lipinski definition) is 4. The van der Waals surface area contributed by atoms with Crippen molar-refractivity contribution in [2.45, 2.75) is 35.7 Å². The molecule has 0 atom stereocenters. The Balaban J connectivity index is 1.68. The van der Waals surface area contributed by atoms with Gasteiger partial charge in [-0.1, -0.05) is 23.9 Å². The summed E-state index contributed by atoms with van der Waals surface area (Å²) in [5.74, 6) is 1.00. The molecule has 26 heavy (non-hydrogen) atoms. The molecule has 1 saturated carbocycles. The van der Waals surface area contributed by atoms with Gasteiger partial charge < -0.3 is 4.98 Å². The van der Waals surface area contributed by atoms with Gasteiger partial charge in [0.1, 0.15) is 16.9 Å². The summed E-state index contributed by atoms with van der Waals surface area (Å²) in [7, 11) is 0. The van der Waals surface area contributed by atoms with E-state index in [0.717, 1.165) is 41.7 Å². The molecule has 3 aromatic rings. The topological polar surface area (TPSA) is 65.4 Å². The molecule has 4 nitrogen and oxygen atoms in total. The lowest BCUT2D eigenvalue weighted by Crippen LogP contribution is -2.11. The molecule has 1 aliphatic carbocycles. The second-order valence-electron chi connectivity index (χ2n) is 6.15. The fourth-order valence-electron chi connectivity index (χ4n) is 2.78. The van der Waals surface area contributed by atoms with Crippen molar-refractivity contribution in [3.63, 3.8) is 0 Å². The van der Waals surface area contributed by atoms with Crippen LogP contribution in [0.2, 0.25) is 0 Å². The van der Waals surface area contributed by atoms with Gasteiger partial charge in [0.05, 0.1) is 27.9 Å². The molecule has 1 aliphatic rings. The average Bonchev–Trinajstić information content (AvgIpc) is 3.37. The summed E-state index contributed by atoms with van der Waals surface area (Å²) in [6, 6.07) is 10.2. The van der Waals surface area contributed by atoms with E-state index in [4.69, 9.17) is 0 Å². The first-order chi connectivity index (χ1) is 12.5. The minimum atomic E-state index is -4.58. The first kappa shape index (κ1) is 16.9. The number of rotatable bonds is 4. The second kappa shape index (κ2) is 6.32. The maximum absolute atomic E-state index is 13.4. The van der Waals surface area contributed by atoms with E-state index in [9.17, 15) is 18.4 Å². The van der Waals surface area contributed by atoms with Crippen molar-refractivity contribution in [2.75, 3.05) is 0 Å². The fraction of sp³-hybridized carbons (Fsp3) is 0.278. The van der Waals surface area contributed by atoms with Crippen LogP contribution in [0.15, 0.2) is 35.4 Å². The summed E-state index contributed by atoms with van der Waals surface area (Å²) in [6.07, 6.45) is -2.90. The standard InChI is InChI=1S/C18H13F3N4S/c19-18(20,21)12-7-15(10-5-6-10)25-17(11(12)8-22)26-9-16-23-13-3-1-2-4-14(13)24-16/h1-4,7,10H,5-6,9H2,(H,23,24). The van der Waals surface area contributed by atoms with Crippen LogP contribution in [-0.2, 0) is 11.9 Å². The number of para-hydroxylation sites is 2. The Morgan fingerprint density at radius 2 is 2.00 bits per heavy atom. The fourth-order valence-corrected chi connectivity index (χ4v) is 3.66. The van der Waals surface area contributed by atoms with Gasteiger partial charge in [-0.25, -0.2) is 9.97 Å². The Bertz CT molecular complexity index is 982. The van der Waals surface area contributed by atoms with Gasteiger partial charge in [-0.05, 0) is 31.0 Å². The third kappa shape index (κ3) is 3.27. The number of alkyl halides is 3. The molecule has 0 saturated heterocycles. The highest BCUT2D eigenvalue weighted by atomic mass is 32.2. The van der Waals surface area contributed by atoms with Crippen LogP contribution < -0.4 is 0 Å². The van der Waals surface area contributed by atoms with E-state index >= 15 is 0 Å². The number of hydrogen-bond donors (Lipinski definition) is 1. The quantitative estimate of drug-likeness (QED) is 0.652. The number of fused-ring (bicyclic) bond motifs is 1. The van der Waals surface area contributed by atoms with Crippen LogP contribution in [-0.4, -0.2) is 15.0 Å². The Morgan fingerprint density at radius 3 is 2.65 bits per heavy atom. The molecular weight excluding hydrogens is 361 g/mol. The number of aromatic amines is 1. The van der Waals surface area contributed by atoms with E-state index < -0.39 is 17.3 Å². The van der Waals surface area contributed by atoms with E-state index in [0.29, 0.717) is 17.3 Å². The van der Waals surface area contributed by atoms with Gasteiger partial charge in [-0.3, -0.25) is 0 Å². The summed E-state index contributed by atoms with van der Waals surface area (Å²) >= 11 is 1.10. The average molecular weight is 374 g/mol. The van der Waals surface area contributed by atoms with Crippen molar-refractivity contribution >= 4 is 22.8 Å². The van der Waals surface area contributed by atoms with E-state index in [1.54, 1.807) is 6.07 Å². The highest BCUT2D eigenvalue weighted by Crippen LogP contribution is 2.43. The number of nitrogens with zero attached hydrogens (tertiary/aromatic N) is 3. The van der Waals surface area contributed by atoms with E-state index in [-0.39, 0.29) is 10.9 Å². The maximum atomic E-state index is 13.4. The number of halogens is 3. The van der Waals surface area contributed by atoms with E-state index in [2.05, 4.69) is 15.0 Å². The van der Waals surface area contributed by atoms with Crippen molar-refractivity contribution in [3.05, 3.63) is 53.0 Å². The number of H-pyrrole nitrogens is 1. The van der Waals surface area contributed by atoms with Gasteiger partial charge in [0.25, 0.3) is 0 Å². The monoisotopic (exact) mass is 374 g/mol. The van der Waals surface area contributed by atoms with Crippen LogP contribution in [0.5, 0.6) is 0 Å². The summed E-state index contributed by atoms with van der Waals surface area (Å²) in [5.41, 5.74) is 0.758. The number of nitriles is 1. The molecule has 0 aliphatic heterocycles. The molecule has 132 valence electrons. The Hall–Kier alpha value is -2.53. The summed E-state index contributed by atoms with van der Waals surface area (Å²) in [6.45, 7) is 0. The SMILES string of the molecule is N#Cc1c(C(F)(F)F)cc(C2CC2)nc1SCc1nc2ccccc2[nH]1. The van der Waals surface area contributed by atoms with Crippen LogP contribution in [0.4, 0.5) is 13.2 Å². The number of imidazole rings is 1. The first-order valence-corrected chi connectivity index (χ1v) is 9.03. The molecule has 2 aromatic heterocycles. The van der Waals surface area contributed by atoms with Gasteiger partial charge in [0.2, 0.25) is 0 Å². The molecule has 1 aromatic carbocycles. The molecule has 1 fully saturated rings. The molecule has 0 unspecified atom stereocenters. The number of benzene rings is 1. The molecule has 0 bridgehead atoms. The molecule has 8 heteroatoms. The van der Waals surface area contributed by atoms with Crippen molar-refractivity contribution in [1.29, 1.82) is 5.26 Å². The predicted molar refractivity (Wildman–Crippen MR) is 91.6 cm³/mol. The zero-order valence-corrected chi connectivity index (χ0v) is 14.3. The second-order valence-corrected chi connectivity index (χ2v) is 7.11. The number of aromatic nitrogens is 3. The summed E-state index contributed by atoms with van der Waals surface area (Å²) in [4.78, 5) is 11.9. The van der Waals surface area contributed by atoms with Crippen LogP contribution in [0.3, 0.4) is 0 Å². The normalized spacial score (nSPS) is 14.5. The number of nitrogens with one attached hydrogen (secondary N) is 1. The van der Waals surface area contributed by atoms with Crippen molar-refractivity contribution < 1.29 is 13.2 Å². The van der Waals surface area contributed by atoms with E-state index in [1.165, 1.54) is 0 Å². The van der Waals surface area contributed by atoms with Crippen LogP contribution in [0.25, 0.3) is 11.0 Å². The molecule has 4 rings (SSSR count). The molecule has 0 amide bonds. The lowest BCUT2D eigenvalue weighted by molar-refractivity contribution is -0.138. The van der Waals surface area contributed by atoms with Crippen LogP contribution in [0.1, 0.15) is 41.4 Å². The molecule has 0 spiro atoms. The minimum absolute atomic E-state index is 0.0643. The van der Waals surface area contributed by atoms with Crippen molar-refractivity contribution in [1.82, 2.24) is 15.0 Å². The van der Waals surface area contributed by atoms with Gasteiger partial charge in [-0.2, -0.15) is 18.4 Å². The molecular formula is C18H13F3N4S. The summed E-state index contributed by atoms with van der Waals surface area (Å²) < 4.78 is 40.1. The van der Waals surface area contributed by atoms with Crippen LogP contribution >= 0.6 is 11.8 Å². The van der Waals surface area contributed by atoms with Crippen molar-refractivity contribution in [3.8, 4) is 6.07 Å². The lowest BCUT2D eigenvalue weighted by Gasteiger charge is -2.13. The smallest absolute Gasteiger partial charge is 0.341 e. The molecule has 0 radical (unpaired) electrons.